The van der Waals surface area contributed by atoms with Crippen molar-refractivity contribution in [2.45, 2.75) is 66.7 Å². The van der Waals surface area contributed by atoms with Gasteiger partial charge in [-0.3, -0.25) is 0 Å². The standard InChI is InChI=1S/C18H28N4O2/c1-17(2,3)8-13-11(18(4,5)6)7-14(24-13)22-15-12(21-16(22)23)9-19-10-20-15/h9-11,13-14H,7-8H2,1-6H3,(H,21,23)/t11-,13?,14-/m1/s1. The number of imidazole rings is 1. The number of hydrogen-bond donors (Lipinski definition) is 1. The fourth-order valence-corrected chi connectivity index (χ4v) is 3.73. The van der Waals surface area contributed by atoms with E-state index in [0.717, 1.165) is 12.8 Å². The summed E-state index contributed by atoms with van der Waals surface area (Å²) in [6.45, 7) is 13.4. The Hall–Kier alpha value is -1.69. The van der Waals surface area contributed by atoms with Gasteiger partial charge in [0, 0.05) is 0 Å². The van der Waals surface area contributed by atoms with Crippen LogP contribution in [0.15, 0.2) is 17.3 Å². The van der Waals surface area contributed by atoms with Gasteiger partial charge in [-0.1, -0.05) is 41.5 Å². The van der Waals surface area contributed by atoms with Crippen LogP contribution in [0.2, 0.25) is 0 Å². The normalized spacial score (nSPS) is 25.5. The van der Waals surface area contributed by atoms with Gasteiger partial charge in [0.05, 0.1) is 12.3 Å². The Labute approximate surface area is 142 Å². The summed E-state index contributed by atoms with van der Waals surface area (Å²) in [5.41, 5.74) is 1.38. The molecule has 1 aliphatic heterocycles. The summed E-state index contributed by atoms with van der Waals surface area (Å²) in [6.07, 6.45) is 4.74. The lowest BCUT2D eigenvalue weighted by Gasteiger charge is -2.33. The molecule has 1 N–H and O–H groups in total. The Bertz CT molecular complexity index is 779. The lowest BCUT2D eigenvalue weighted by atomic mass is 9.73. The highest BCUT2D eigenvalue weighted by atomic mass is 16.5. The van der Waals surface area contributed by atoms with Crippen LogP contribution in [-0.4, -0.2) is 25.6 Å². The van der Waals surface area contributed by atoms with Gasteiger partial charge in [-0.15, -0.1) is 0 Å². The summed E-state index contributed by atoms with van der Waals surface area (Å²) in [7, 11) is 0. The average molecular weight is 332 g/mol. The summed E-state index contributed by atoms with van der Waals surface area (Å²) in [5.74, 6) is 0.389. The molecule has 1 unspecified atom stereocenters. The van der Waals surface area contributed by atoms with Crippen LogP contribution in [0, 0.1) is 16.7 Å². The van der Waals surface area contributed by atoms with Crippen molar-refractivity contribution in [2.75, 3.05) is 0 Å². The minimum atomic E-state index is -0.280. The van der Waals surface area contributed by atoms with E-state index in [1.54, 1.807) is 10.8 Å². The van der Waals surface area contributed by atoms with Gasteiger partial charge in [0.25, 0.3) is 0 Å². The lowest BCUT2D eigenvalue weighted by Crippen LogP contribution is -2.31. The second kappa shape index (κ2) is 5.69. The van der Waals surface area contributed by atoms with E-state index in [9.17, 15) is 4.79 Å². The second-order valence-corrected chi connectivity index (χ2v) is 9.16. The summed E-state index contributed by atoms with van der Waals surface area (Å²) < 4.78 is 8.04. The van der Waals surface area contributed by atoms with Crippen molar-refractivity contribution in [1.82, 2.24) is 19.5 Å². The number of rotatable bonds is 2. The van der Waals surface area contributed by atoms with E-state index in [4.69, 9.17) is 4.74 Å². The van der Waals surface area contributed by atoms with E-state index < -0.39 is 0 Å². The fraction of sp³-hybridized carbons (Fsp3) is 0.722. The Morgan fingerprint density at radius 2 is 2.00 bits per heavy atom. The van der Waals surface area contributed by atoms with Gasteiger partial charge in [0.15, 0.2) is 5.65 Å². The third-order valence-corrected chi connectivity index (χ3v) is 4.83. The molecule has 0 saturated carbocycles. The van der Waals surface area contributed by atoms with Crippen LogP contribution in [0.3, 0.4) is 0 Å². The molecule has 3 atom stereocenters. The summed E-state index contributed by atoms with van der Waals surface area (Å²) in [5, 5.41) is 0. The first-order valence-corrected chi connectivity index (χ1v) is 8.62. The first-order chi connectivity index (χ1) is 11.1. The Kier molecular flexibility index (Phi) is 4.06. The predicted octanol–water partition coefficient (Wildman–Crippen LogP) is 3.51. The number of ether oxygens (including phenoxy) is 1. The van der Waals surface area contributed by atoms with Crippen molar-refractivity contribution in [1.29, 1.82) is 0 Å². The van der Waals surface area contributed by atoms with Crippen molar-refractivity contribution in [2.24, 2.45) is 16.7 Å². The molecular weight excluding hydrogens is 304 g/mol. The van der Waals surface area contributed by atoms with Gasteiger partial charge < -0.3 is 9.72 Å². The molecule has 1 saturated heterocycles. The molecule has 3 heterocycles. The molecule has 132 valence electrons. The molecule has 3 rings (SSSR count). The molecule has 6 heteroatoms. The molecule has 0 amide bonds. The zero-order chi connectivity index (χ0) is 17.7. The first kappa shape index (κ1) is 17.1. The maximum absolute atomic E-state index is 12.4. The quantitative estimate of drug-likeness (QED) is 0.913. The highest BCUT2D eigenvalue weighted by Gasteiger charge is 2.44. The van der Waals surface area contributed by atoms with Crippen LogP contribution >= 0.6 is 0 Å². The third-order valence-electron chi connectivity index (χ3n) is 4.83. The van der Waals surface area contributed by atoms with Crippen molar-refractivity contribution in [3.8, 4) is 0 Å². The third kappa shape index (κ3) is 3.24. The van der Waals surface area contributed by atoms with E-state index in [0.29, 0.717) is 17.1 Å². The number of H-pyrrole nitrogens is 1. The van der Waals surface area contributed by atoms with E-state index in [2.05, 4.69) is 56.5 Å². The molecule has 0 bridgehead atoms. The van der Waals surface area contributed by atoms with Gasteiger partial charge in [0.1, 0.15) is 18.1 Å². The molecule has 0 aromatic carbocycles. The second-order valence-electron chi connectivity index (χ2n) is 9.16. The molecule has 0 radical (unpaired) electrons. The largest absolute Gasteiger partial charge is 0.354 e. The van der Waals surface area contributed by atoms with E-state index >= 15 is 0 Å². The van der Waals surface area contributed by atoms with Crippen LogP contribution in [-0.2, 0) is 4.74 Å². The van der Waals surface area contributed by atoms with E-state index in [-0.39, 0.29) is 28.9 Å². The Morgan fingerprint density at radius 3 is 2.62 bits per heavy atom. The maximum Gasteiger partial charge on any atom is 0.329 e. The zero-order valence-electron chi connectivity index (χ0n) is 15.5. The minimum Gasteiger partial charge on any atom is -0.354 e. The molecular formula is C18H28N4O2. The molecule has 2 aromatic heterocycles. The van der Waals surface area contributed by atoms with Crippen molar-refractivity contribution >= 4 is 11.2 Å². The summed E-state index contributed by atoms with van der Waals surface area (Å²) >= 11 is 0. The van der Waals surface area contributed by atoms with Gasteiger partial charge in [0.2, 0.25) is 0 Å². The van der Waals surface area contributed by atoms with Crippen LogP contribution < -0.4 is 5.69 Å². The topological polar surface area (TPSA) is 72.8 Å². The van der Waals surface area contributed by atoms with Gasteiger partial charge >= 0.3 is 5.69 Å². The number of aromatic nitrogens is 4. The van der Waals surface area contributed by atoms with Crippen LogP contribution in [0.25, 0.3) is 11.2 Å². The summed E-state index contributed by atoms with van der Waals surface area (Å²) in [6, 6.07) is 0. The maximum atomic E-state index is 12.4. The molecule has 24 heavy (non-hydrogen) atoms. The fourth-order valence-electron chi connectivity index (χ4n) is 3.73. The SMILES string of the molecule is CC(C)(C)CC1O[C@@H](n2c(=O)[nH]c3cncnc32)C[C@H]1C(C)(C)C. The summed E-state index contributed by atoms with van der Waals surface area (Å²) in [4.78, 5) is 23.5. The van der Waals surface area contributed by atoms with Crippen LogP contribution in [0.1, 0.15) is 60.6 Å². The molecule has 0 aliphatic carbocycles. The molecule has 1 aliphatic rings. The Morgan fingerprint density at radius 1 is 1.29 bits per heavy atom. The number of aromatic amines is 1. The van der Waals surface area contributed by atoms with Crippen molar-refractivity contribution in [3.05, 3.63) is 23.0 Å². The lowest BCUT2D eigenvalue weighted by molar-refractivity contribution is -0.0320. The number of nitrogens with one attached hydrogen (secondary N) is 1. The first-order valence-electron chi connectivity index (χ1n) is 8.62. The van der Waals surface area contributed by atoms with Crippen LogP contribution in [0.5, 0.6) is 0 Å². The van der Waals surface area contributed by atoms with Gasteiger partial charge in [-0.2, -0.15) is 0 Å². The molecule has 6 nitrogen and oxygen atoms in total. The molecule has 2 aromatic rings. The smallest absolute Gasteiger partial charge is 0.329 e. The van der Waals surface area contributed by atoms with Crippen molar-refractivity contribution < 1.29 is 4.74 Å². The monoisotopic (exact) mass is 332 g/mol. The van der Waals surface area contributed by atoms with Gasteiger partial charge in [-0.05, 0) is 29.6 Å². The molecule has 1 fully saturated rings. The van der Waals surface area contributed by atoms with E-state index in [1.807, 2.05) is 0 Å². The van der Waals surface area contributed by atoms with Crippen LogP contribution in [0.4, 0.5) is 0 Å². The minimum absolute atomic E-state index is 0.120. The predicted molar refractivity (Wildman–Crippen MR) is 93.7 cm³/mol. The molecule has 0 spiro atoms. The zero-order valence-corrected chi connectivity index (χ0v) is 15.5. The number of hydrogen-bond acceptors (Lipinski definition) is 4. The van der Waals surface area contributed by atoms with Gasteiger partial charge in [-0.25, -0.2) is 19.3 Å². The highest BCUT2D eigenvalue weighted by molar-refractivity contribution is 5.68. The average Bonchev–Trinajstić information content (AvgIpc) is 2.96. The van der Waals surface area contributed by atoms with Crippen molar-refractivity contribution in [3.63, 3.8) is 0 Å². The van der Waals surface area contributed by atoms with E-state index in [1.165, 1.54) is 6.33 Å². The highest BCUT2D eigenvalue weighted by Crippen LogP contribution is 2.46. The number of nitrogens with zero attached hydrogens (tertiary/aromatic N) is 3. The number of fused-ring (bicyclic) bond motifs is 1. The Balaban J connectivity index is 1.98.